The number of likely N-dealkylation sites (tertiary alicyclic amines) is 1. The fraction of sp³-hybridized carbons (Fsp3) is 0.875. The molecular formula is C16H30N4O. The van der Waals surface area contributed by atoms with Gasteiger partial charge in [-0.15, -0.1) is 0 Å². The quantitative estimate of drug-likeness (QED) is 0.797. The average Bonchev–Trinajstić information content (AvgIpc) is 2.99. The molecule has 5 nitrogen and oxygen atoms in total. The molecule has 120 valence electrons. The minimum atomic E-state index is -0.135. The predicted molar refractivity (Wildman–Crippen MR) is 84.1 cm³/mol. The van der Waals surface area contributed by atoms with Gasteiger partial charge in [0.1, 0.15) is 0 Å². The van der Waals surface area contributed by atoms with E-state index in [1.807, 2.05) is 0 Å². The van der Waals surface area contributed by atoms with Crippen LogP contribution in [0.5, 0.6) is 0 Å². The van der Waals surface area contributed by atoms with Gasteiger partial charge in [0.15, 0.2) is 5.82 Å². The van der Waals surface area contributed by atoms with Gasteiger partial charge < -0.3 is 15.2 Å². The standard InChI is InChI=1S/C16H30N4O/c1-3-5-9-13(4-2)16-18-15(19-21-16)14(17)12-20-10-7-6-8-11-20/h13-14H,3-12,17H2,1-2H3. The van der Waals surface area contributed by atoms with Crippen LogP contribution in [0, 0.1) is 0 Å². The summed E-state index contributed by atoms with van der Waals surface area (Å²) in [5, 5.41) is 4.12. The van der Waals surface area contributed by atoms with Crippen LogP contribution < -0.4 is 5.73 Å². The van der Waals surface area contributed by atoms with Crippen molar-refractivity contribution in [1.82, 2.24) is 15.0 Å². The third-order valence-corrected chi connectivity index (χ3v) is 4.44. The normalized spacial score (nSPS) is 19.6. The van der Waals surface area contributed by atoms with Crippen LogP contribution in [0.15, 0.2) is 4.52 Å². The van der Waals surface area contributed by atoms with E-state index in [-0.39, 0.29) is 6.04 Å². The van der Waals surface area contributed by atoms with Gasteiger partial charge in [-0.2, -0.15) is 4.98 Å². The predicted octanol–water partition coefficient (Wildman–Crippen LogP) is 3.24. The van der Waals surface area contributed by atoms with E-state index in [2.05, 4.69) is 28.9 Å². The molecule has 1 saturated heterocycles. The largest absolute Gasteiger partial charge is 0.339 e. The van der Waals surface area contributed by atoms with Crippen LogP contribution in [-0.2, 0) is 0 Å². The summed E-state index contributed by atoms with van der Waals surface area (Å²) < 4.78 is 5.47. The molecule has 0 aromatic carbocycles. The van der Waals surface area contributed by atoms with Crippen molar-refractivity contribution >= 4 is 0 Å². The minimum Gasteiger partial charge on any atom is -0.339 e. The Labute approximate surface area is 128 Å². The zero-order valence-corrected chi connectivity index (χ0v) is 13.6. The van der Waals surface area contributed by atoms with Crippen molar-refractivity contribution in [1.29, 1.82) is 0 Å². The van der Waals surface area contributed by atoms with E-state index < -0.39 is 0 Å². The summed E-state index contributed by atoms with van der Waals surface area (Å²) in [7, 11) is 0. The van der Waals surface area contributed by atoms with Crippen molar-refractivity contribution in [3.63, 3.8) is 0 Å². The average molecular weight is 294 g/mol. The molecule has 0 bridgehead atoms. The molecule has 0 radical (unpaired) electrons. The highest BCUT2D eigenvalue weighted by molar-refractivity contribution is 4.98. The summed E-state index contributed by atoms with van der Waals surface area (Å²) in [5.74, 6) is 1.83. The number of aromatic nitrogens is 2. The van der Waals surface area contributed by atoms with E-state index in [1.54, 1.807) is 0 Å². The molecule has 1 aliphatic heterocycles. The Morgan fingerprint density at radius 3 is 2.67 bits per heavy atom. The molecule has 1 aromatic heterocycles. The van der Waals surface area contributed by atoms with Gasteiger partial charge in [0.25, 0.3) is 0 Å². The van der Waals surface area contributed by atoms with Crippen LogP contribution in [-0.4, -0.2) is 34.7 Å². The Morgan fingerprint density at radius 2 is 2.00 bits per heavy atom. The van der Waals surface area contributed by atoms with Crippen molar-refractivity contribution < 1.29 is 4.52 Å². The number of rotatable bonds is 8. The van der Waals surface area contributed by atoms with Gasteiger partial charge in [-0.3, -0.25) is 0 Å². The lowest BCUT2D eigenvalue weighted by atomic mass is 9.99. The van der Waals surface area contributed by atoms with E-state index in [9.17, 15) is 0 Å². The Hall–Kier alpha value is -0.940. The van der Waals surface area contributed by atoms with E-state index in [4.69, 9.17) is 10.3 Å². The molecule has 0 saturated carbocycles. The molecule has 2 atom stereocenters. The molecule has 1 aromatic rings. The molecule has 2 N–H and O–H groups in total. The second kappa shape index (κ2) is 8.49. The molecule has 2 heterocycles. The highest BCUT2D eigenvalue weighted by atomic mass is 16.5. The molecule has 0 amide bonds. The SMILES string of the molecule is CCCCC(CC)c1nc(C(N)CN2CCCCC2)no1. The van der Waals surface area contributed by atoms with Crippen molar-refractivity contribution in [2.45, 2.75) is 70.8 Å². The van der Waals surface area contributed by atoms with Gasteiger partial charge in [0.05, 0.1) is 6.04 Å². The van der Waals surface area contributed by atoms with Gasteiger partial charge in [-0.25, -0.2) is 0 Å². The first-order chi connectivity index (χ1) is 10.2. The minimum absolute atomic E-state index is 0.135. The molecule has 0 spiro atoms. The van der Waals surface area contributed by atoms with Crippen molar-refractivity contribution in [3.8, 4) is 0 Å². The van der Waals surface area contributed by atoms with Gasteiger partial charge >= 0.3 is 0 Å². The fourth-order valence-electron chi connectivity index (χ4n) is 3.02. The number of hydrogen-bond acceptors (Lipinski definition) is 5. The number of piperidine rings is 1. The zero-order valence-electron chi connectivity index (χ0n) is 13.6. The molecule has 5 heteroatoms. The molecular weight excluding hydrogens is 264 g/mol. The first kappa shape index (κ1) is 16.4. The summed E-state index contributed by atoms with van der Waals surface area (Å²) in [6.45, 7) is 7.52. The third kappa shape index (κ3) is 4.78. The lowest BCUT2D eigenvalue weighted by molar-refractivity contribution is 0.213. The Morgan fingerprint density at radius 1 is 1.24 bits per heavy atom. The Balaban J connectivity index is 1.90. The molecule has 2 rings (SSSR count). The van der Waals surface area contributed by atoms with Crippen LogP contribution in [0.1, 0.15) is 82.5 Å². The Kier molecular flexibility index (Phi) is 6.64. The Bertz CT molecular complexity index is 401. The van der Waals surface area contributed by atoms with Crippen molar-refractivity contribution in [2.75, 3.05) is 19.6 Å². The fourth-order valence-corrected chi connectivity index (χ4v) is 3.02. The first-order valence-electron chi connectivity index (χ1n) is 8.56. The summed E-state index contributed by atoms with van der Waals surface area (Å²) in [6.07, 6.45) is 8.47. The summed E-state index contributed by atoms with van der Waals surface area (Å²) >= 11 is 0. The highest BCUT2D eigenvalue weighted by Crippen LogP contribution is 2.25. The van der Waals surface area contributed by atoms with E-state index in [0.717, 1.165) is 38.4 Å². The van der Waals surface area contributed by atoms with Crippen LogP contribution in [0.4, 0.5) is 0 Å². The van der Waals surface area contributed by atoms with Gasteiger partial charge in [0.2, 0.25) is 5.89 Å². The second-order valence-electron chi connectivity index (χ2n) is 6.21. The monoisotopic (exact) mass is 294 g/mol. The van der Waals surface area contributed by atoms with Crippen LogP contribution in [0.3, 0.4) is 0 Å². The number of nitrogens with zero attached hydrogens (tertiary/aromatic N) is 3. The van der Waals surface area contributed by atoms with Crippen LogP contribution >= 0.6 is 0 Å². The smallest absolute Gasteiger partial charge is 0.229 e. The van der Waals surface area contributed by atoms with E-state index in [1.165, 1.54) is 32.1 Å². The maximum absolute atomic E-state index is 6.25. The van der Waals surface area contributed by atoms with Crippen molar-refractivity contribution in [2.24, 2.45) is 5.73 Å². The third-order valence-electron chi connectivity index (χ3n) is 4.44. The molecule has 2 unspecified atom stereocenters. The molecule has 1 aliphatic rings. The van der Waals surface area contributed by atoms with E-state index >= 15 is 0 Å². The lowest BCUT2D eigenvalue weighted by Gasteiger charge is -2.27. The number of hydrogen-bond donors (Lipinski definition) is 1. The van der Waals surface area contributed by atoms with Gasteiger partial charge in [-0.05, 0) is 38.8 Å². The maximum Gasteiger partial charge on any atom is 0.229 e. The van der Waals surface area contributed by atoms with Gasteiger partial charge in [0, 0.05) is 12.5 Å². The summed E-state index contributed by atoms with van der Waals surface area (Å²) in [6, 6.07) is -0.135. The molecule has 0 aliphatic carbocycles. The molecule has 1 fully saturated rings. The maximum atomic E-state index is 6.25. The van der Waals surface area contributed by atoms with E-state index in [0.29, 0.717) is 11.7 Å². The zero-order chi connectivity index (χ0) is 15.1. The first-order valence-corrected chi connectivity index (χ1v) is 8.56. The second-order valence-corrected chi connectivity index (χ2v) is 6.21. The number of unbranched alkanes of at least 4 members (excludes halogenated alkanes) is 1. The van der Waals surface area contributed by atoms with Crippen LogP contribution in [0.25, 0.3) is 0 Å². The van der Waals surface area contributed by atoms with Gasteiger partial charge in [-0.1, -0.05) is 38.3 Å². The topological polar surface area (TPSA) is 68.2 Å². The molecule has 21 heavy (non-hydrogen) atoms. The lowest BCUT2D eigenvalue weighted by Crippen LogP contribution is -2.36. The van der Waals surface area contributed by atoms with Crippen molar-refractivity contribution in [3.05, 3.63) is 11.7 Å². The summed E-state index contributed by atoms with van der Waals surface area (Å²) in [5.41, 5.74) is 6.25. The summed E-state index contributed by atoms with van der Waals surface area (Å²) in [4.78, 5) is 6.99. The van der Waals surface area contributed by atoms with Crippen LogP contribution in [0.2, 0.25) is 0 Å². The highest BCUT2D eigenvalue weighted by Gasteiger charge is 2.22. The number of nitrogens with two attached hydrogens (primary N) is 1.